The van der Waals surface area contributed by atoms with Crippen LogP contribution in [0.3, 0.4) is 0 Å². The lowest BCUT2D eigenvalue weighted by atomic mass is 10.0. The summed E-state index contributed by atoms with van der Waals surface area (Å²) in [5, 5.41) is 3.07. The van der Waals surface area contributed by atoms with Gasteiger partial charge >= 0.3 is 0 Å². The van der Waals surface area contributed by atoms with Crippen molar-refractivity contribution in [1.82, 2.24) is 10.2 Å². The minimum atomic E-state index is -0.0572. The fourth-order valence-corrected chi connectivity index (χ4v) is 2.78. The van der Waals surface area contributed by atoms with E-state index in [4.69, 9.17) is 4.74 Å². The average Bonchev–Trinajstić information content (AvgIpc) is 2.45. The molecule has 0 aliphatic carbocycles. The maximum atomic E-state index is 12.3. The van der Waals surface area contributed by atoms with E-state index >= 15 is 0 Å². The number of hydrogen-bond donors (Lipinski definition) is 1. The Morgan fingerprint density at radius 3 is 2.33 bits per heavy atom. The van der Waals surface area contributed by atoms with Crippen LogP contribution in [0.25, 0.3) is 0 Å². The SMILES string of the molecule is Cc1cc(C)cc(C(=O)NCC(C)(C)N2CCOCC2)c1. The van der Waals surface area contributed by atoms with Crippen molar-refractivity contribution < 1.29 is 9.53 Å². The molecule has 4 heteroatoms. The number of morpholine rings is 1. The molecule has 1 saturated heterocycles. The van der Waals surface area contributed by atoms with Gasteiger partial charge in [0.05, 0.1) is 13.2 Å². The quantitative estimate of drug-likeness (QED) is 0.924. The molecule has 0 radical (unpaired) electrons. The van der Waals surface area contributed by atoms with Crippen molar-refractivity contribution in [3.63, 3.8) is 0 Å². The van der Waals surface area contributed by atoms with Gasteiger partial charge in [-0.1, -0.05) is 17.2 Å². The molecule has 0 saturated carbocycles. The zero-order valence-electron chi connectivity index (χ0n) is 13.5. The number of hydrogen-bond acceptors (Lipinski definition) is 3. The Labute approximate surface area is 127 Å². The van der Waals surface area contributed by atoms with Gasteiger partial charge in [-0.05, 0) is 39.8 Å². The molecule has 1 aliphatic rings. The van der Waals surface area contributed by atoms with E-state index in [1.54, 1.807) is 0 Å². The van der Waals surface area contributed by atoms with Crippen LogP contribution < -0.4 is 5.32 Å². The van der Waals surface area contributed by atoms with Crippen molar-refractivity contribution in [3.8, 4) is 0 Å². The molecule has 0 bridgehead atoms. The van der Waals surface area contributed by atoms with Gasteiger partial charge in [0.2, 0.25) is 0 Å². The fourth-order valence-electron chi connectivity index (χ4n) is 2.78. The molecule has 0 atom stereocenters. The Morgan fingerprint density at radius 1 is 1.19 bits per heavy atom. The highest BCUT2D eigenvalue weighted by atomic mass is 16.5. The lowest BCUT2D eigenvalue weighted by Crippen LogP contribution is -2.55. The highest BCUT2D eigenvalue weighted by Gasteiger charge is 2.28. The Balaban J connectivity index is 1.96. The summed E-state index contributed by atoms with van der Waals surface area (Å²) >= 11 is 0. The van der Waals surface area contributed by atoms with E-state index in [0.29, 0.717) is 6.54 Å². The molecular formula is C17H26N2O2. The summed E-state index contributed by atoms with van der Waals surface area (Å²) in [6.45, 7) is 12.4. The van der Waals surface area contributed by atoms with Crippen LogP contribution in [0.1, 0.15) is 35.3 Å². The summed E-state index contributed by atoms with van der Waals surface area (Å²) in [5.74, 6) is 0.00290. The van der Waals surface area contributed by atoms with Crippen LogP contribution in [0.15, 0.2) is 18.2 Å². The molecule has 1 fully saturated rings. The van der Waals surface area contributed by atoms with Gasteiger partial charge in [-0.25, -0.2) is 0 Å². The maximum Gasteiger partial charge on any atom is 0.251 e. The normalized spacial score (nSPS) is 16.8. The average molecular weight is 290 g/mol. The Hall–Kier alpha value is -1.39. The van der Waals surface area contributed by atoms with Crippen molar-refractivity contribution in [2.75, 3.05) is 32.8 Å². The third-order valence-corrected chi connectivity index (χ3v) is 4.03. The van der Waals surface area contributed by atoms with Crippen molar-refractivity contribution in [3.05, 3.63) is 34.9 Å². The second-order valence-corrected chi connectivity index (χ2v) is 6.47. The highest BCUT2D eigenvalue weighted by Crippen LogP contribution is 2.16. The first-order valence-corrected chi connectivity index (χ1v) is 7.58. The standard InChI is InChI=1S/C17H26N2O2/c1-13-9-14(2)11-15(10-13)16(20)18-12-17(3,4)19-5-7-21-8-6-19/h9-11H,5-8,12H2,1-4H3,(H,18,20). The van der Waals surface area contributed by atoms with Crippen molar-refractivity contribution in [2.24, 2.45) is 0 Å². The van der Waals surface area contributed by atoms with E-state index in [0.717, 1.165) is 43.0 Å². The molecule has 2 rings (SSSR count). The Morgan fingerprint density at radius 2 is 1.76 bits per heavy atom. The first-order chi connectivity index (χ1) is 9.88. The molecular weight excluding hydrogens is 264 g/mol. The number of nitrogens with one attached hydrogen (secondary N) is 1. The molecule has 1 aliphatic heterocycles. The van der Waals surface area contributed by atoms with Crippen LogP contribution in [0, 0.1) is 13.8 Å². The number of carbonyl (C=O) groups is 1. The molecule has 4 nitrogen and oxygen atoms in total. The van der Waals surface area contributed by atoms with E-state index in [1.165, 1.54) is 0 Å². The first kappa shape index (κ1) is 16.0. The summed E-state index contributed by atoms with van der Waals surface area (Å²) in [7, 11) is 0. The van der Waals surface area contributed by atoms with Crippen LogP contribution in [0.2, 0.25) is 0 Å². The zero-order valence-corrected chi connectivity index (χ0v) is 13.5. The minimum absolute atomic E-state index is 0.00290. The fraction of sp³-hybridized carbons (Fsp3) is 0.588. The second-order valence-electron chi connectivity index (χ2n) is 6.47. The number of carbonyl (C=O) groups excluding carboxylic acids is 1. The number of rotatable bonds is 4. The van der Waals surface area contributed by atoms with Crippen molar-refractivity contribution >= 4 is 5.91 Å². The van der Waals surface area contributed by atoms with Gasteiger partial charge in [-0.2, -0.15) is 0 Å². The predicted octanol–water partition coefficient (Wildman–Crippen LogP) is 2.14. The maximum absolute atomic E-state index is 12.3. The van der Waals surface area contributed by atoms with Gasteiger partial charge in [0.1, 0.15) is 0 Å². The highest BCUT2D eigenvalue weighted by molar-refractivity contribution is 5.94. The van der Waals surface area contributed by atoms with E-state index in [9.17, 15) is 4.79 Å². The second kappa shape index (κ2) is 6.58. The molecule has 1 amide bonds. The molecule has 0 aromatic heterocycles. The molecule has 21 heavy (non-hydrogen) atoms. The van der Waals surface area contributed by atoms with Gasteiger partial charge in [0.15, 0.2) is 0 Å². The van der Waals surface area contributed by atoms with Gasteiger partial charge in [0, 0.05) is 30.7 Å². The van der Waals surface area contributed by atoms with Gasteiger partial charge < -0.3 is 10.1 Å². The summed E-state index contributed by atoms with van der Waals surface area (Å²) in [5.41, 5.74) is 2.92. The predicted molar refractivity (Wildman–Crippen MR) is 84.7 cm³/mol. The molecule has 0 spiro atoms. The smallest absolute Gasteiger partial charge is 0.251 e. The van der Waals surface area contributed by atoms with Crippen LogP contribution >= 0.6 is 0 Å². The van der Waals surface area contributed by atoms with Crippen LogP contribution in [0.4, 0.5) is 0 Å². The Kier molecular flexibility index (Phi) is 5.01. The molecule has 0 unspecified atom stereocenters. The van der Waals surface area contributed by atoms with Crippen LogP contribution in [0.5, 0.6) is 0 Å². The zero-order chi connectivity index (χ0) is 15.5. The lowest BCUT2D eigenvalue weighted by Gasteiger charge is -2.40. The Bertz CT molecular complexity index is 485. The third-order valence-electron chi connectivity index (χ3n) is 4.03. The number of aryl methyl sites for hydroxylation is 2. The summed E-state index contributed by atoms with van der Waals surface area (Å²) in [6.07, 6.45) is 0. The monoisotopic (exact) mass is 290 g/mol. The van der Waals surface area contributed by atoms with E-state index < -0.39 is 0 Å². The van der Waals surface area contributed by atoms with Gasteiger partial charge in [-0.3, -0.25) is 9.69 Å². The number of benzene rings is 1. The largest absolute Gasteiger partial charge is 0.379 e. The first-order valence-electron chi connectivity index (χ1n) is 7.58. The van der Waals surface area contributed by atoms with Crippen molar-refractivity contribution in [1.29, 1.82) is 0 Å². The number of amides is 1. The molecule has 1 heterocycles. The topological polar surface area (TPSA) is 41.6 Å². The van der Waals surface area contributed by atoms with Gasteiger partial charge in [0.25, 0.3) is 5.91 Å². The summed E-state index contributed by atoms with van der Waals surface area (Å²) in [4.78, 5) is 14.7. The molecule has 1 N–H and O–H groups in total. The molecule has 116 valence electrons. The van der Waals surface area contributed by atoms with E-state index in [-0.39, 0.29) is 11.4 Å². The number of ether oxygens (including phenoxy) is 1. The van der Waals surface area contributed by atoms with Gasteiger partial charge in [-0.15, -0.1) is 0 Å². The van der Waals surface area contributed by atoms with E-state index in [2.05, 4.69) is 30.1 Å². The lowest BCUT2D eigenvalue weighted by molar-refractivity contribution is -0.00923. The summed E-state index contributed by atoms with van der Waals surface area (Å²) < 4.78 is 5.39. The molecule has 1 aromatic carbocycles. The van der Waals surface area contributed by atoms with Crippen LogP contribution in [-0.2, 0) is 4.74 Å². The van der Waals surface area contributed by atoms with Crippen molar-refractivity contribution in [2.45, 2.75) is 33.2 Å². The third kappa shape index (κ3) is 4.29. The minimum Gasteiger partial charge on any atom is -0.379 e. The summed E-state index contributed by atoms with van der Waals surface area (Å²) in [6, 6.07) is 5.95. The number of nitrogens with zero attached hydrogens (tertiary/aromatic N) is 1. The van der Waals surface area contributed by atoms with Crippen LogP contribution in [-0.4, -0.2) is 49.2 Å². The molecule has 1 aromatic rings. The van der Waals surface area contributed by atoms with E-state index in [1.807, 2.05) is 26.0 Å².